The van der Waals surface area contributed by atoms with Crippen LogP contribution in [0.5, 0.6) is 0 Å². The number of likely N-dealkylation sites (tertiary alicyclic amines) is 1. The fraction of sp³-hybridized carbons (Fsp3) is 0.550. The van der Waals surface area contributed by atoms with Crippen LogP contribution in [0.25, 0.3) is 0 Å². The molecule has 0 radical (unpaired) electrons. The molecule has 0 bridgehead atoms. The maximum Gasteiger partial charge on any atom is 0.317 e. The van der Waals surface area contributed by atoms with E-state index in [9.17, 15) is 4.79 Å². The zero-order chi connectivity index (χ0) is 18.5. The van der Waals surface area contributed by atoms with Crippen molar-refractivity contribution in [2.45, 2.75) is 37.8 Å². The number of benzene rings is 1. The van der Waals surface area contributed by atoms with Crippen molar-refractivity contribution in [1.29, 1.82) is 0 Å². The summed E-state index contributed by atoms with van der Waals surface area (Å²) in [7, 11) is 0. The molecule has 2 amide bonds. The summed E-state index contributed by atoms with van der Waals surface area (Å²) in [4.78, 5) is 14.7. The zero-order valence-corrected chi connectivity index (χ0v) is 15.6. The van der Waals surface area contributed by atoms with Crippen LogP contribution in [0.2, 0.25) is 0 Å². The van der Waals surface area contributed by atoms with Crippen LogP contribution in [0.3, 0.4) is 0 Å². The van der Waals surface area contributed by atoms with Crippen LogP contribution in [0.4, 0.5) is 4.79 Å². The number of nitrogens with zero attached hydrogens (tertiary/aromatic N) is 4. The average molecular weight is 369 g/mol. The summed E-state index contributed by atoms with van der Waals surface area (Å²) >= 11 is 0. The van der Waals surface area contributed by atoms with Crippen molar-refractivity contribution in [3.63, 3.8) is 0 Å². The van der Waals surface area contributed by atoms with Crippen molar-refractivity contribution >= 4 is 6.03 Å². The van der Waals surface area contributed by atoms with Crippen molar-refractivity contribution in [3.05, 3.63) is 48.3 Å². The molecule has 1 aromatic carbocycles. The molecule has 2 fully saturated rings. The largest absolute Gasteiger partial charge is 0.368 e. The Morgan fingerprint density at radius 1 is 1.30 bits per heavy atom. The Morgan fingerprint density at radius 2 is 2.19 bits per heavy atom. The van der Waals surface area contributed by atoms with E-state index in [1.54, 1.807) is 6.20 Å². The Bertz CT molecular complexity index is 728. The van der Waals surface area contributed by atoms with Gasteiger partial charge in [0.15, 0.2) is 0 Å². The number of hydrogen-bond acceptors (Lipinski definition) is 4. The number of urea groups is 1. The molecule has 0 aliphatic carbocycles. The Balaban J connectivity index is 1.35. The van der Waals surface area contributed by atoms with Gasteiger partial charge in [-0.05, 0) is 37.2 Å². The highest BCUT2D eigenvalue weighted by Crippen LogP contribution is 2.35. The van der Waals surface area contributed by atoms with Gasteiger partial charge in [0, 0.05) is 32.4 Å². The molecular weight excluding hydrogens is 342 g/mol. The second-order valence-electron chi connectivity index (χ2n) is 7.55. The van der Waals surface area contributed by atoms with Gasteiger partial charge in [-0.1, -0.05) is 35.5 Å². The lowest BCUT2D eigenvalue weighted by atomic mass is 9.90. The molecule has 2 aliphatic rings. The molecule has 2 atom stereocenters. The minimum absolute atomic E-state index is 0.00379. The number of rotatable bonds is 5. The van der Waals surface area contributed by atoms with E-state index in [1.165, 1.54) is 0 Å². The van der Waals surface area contributed by atoms with Crippen molar-refractivity contribution in [3.8, 4) is 0 Å². The van der Waals surface area contributed by atoms with E-state index in [-0.39, 0.29) is 6.03 Å². The topological polar surface area (TPSA) is 72.3 Å². The van der Waals surface area contributed by atoms with E-state index in [0.29, 0.717) is 12.5 Å². The van der Waals surface area contributed by atoms with Gasteiger partial charge < -0.3 is 15.0 Å². The Kier molecular flexibility index (Phi) is 5.38. The van der Waals surface area contributed by atoms with Gasteiger partial charge in [-0.25, -0.2) is 4.79 Å². The maximum absolute atomic E-state index is 12.8. The highest BCUT2D eigenvalue weighted by atomic mass is 16.5. The second-order valence-corrected chi connectivity index (χ2v) is 7.55. The van der Waals surface area contributed by atoms with E-state index in [2.05, 4.69) is 27.8 Å². The first-order valence-electron chi connectivity index (χ1n) is 9.82. The summed E-state index contributed by atoms with van der Waals surface area (Å²) in [6.07, 6.45) is 7.66. The normalized spacial score (nSPS) is 25.5. The molecule has 2 saturated heterocycles. The number of nitrogens with one attached hydrogen (secondary N) is 1. The van der Waals surface area contributed by atoms with Crippen LogP contribution >= 0.6 is 0 Å². The molecule has 0 spiro atoms. The summed E-state index contributed by atoms with van der Waals surface area (Å²) in [5, 5.41) is 11.0. The summed E-state index contributed by atoms with van der Waals surface area (Å²) in [5.74, 6) is 0.414. The quantitative estimate of drug-likeness (QED) is 0.878. The highest BCUT2D eigenvalue weighted by Gasteiger charge is 2.37. The van der Waals surface area contributed by atoms with Crippen molar-refractivity contribution in [2.75, 3.05) is 26.2 Å². The Morgan fingerprint density at radius 3 is 2.93 bits per heavy atom. The third-order valence-electron chi connectivity index (χ3n) is 5.65. The summed E-state index contributed by atoms with van der Waals surface area (Å²) in [5.41, 5.74) is 0.748. The third-order valence-corrected chi connectivity index (χ3v) is 5.65. The van der Waals surface area contributed by atoms with E-state index >= 15 is 0 Å². The van der Waals surface area contributed by atoms with Gasteiger partial charge >= 0.3 is 6.03 Å². The minimum atomic E-state index is -0.396. The smallest absolute Gasteiger partial charge is 0.317 e. The van der Waals surface area contributed by atoms with Gasteiger partial charge in [-0.2, -0.15) is 0 Å². The van der Waals surface area contributed by atoms with Crippen LogP contribution in [0.15, 0.2) is 42.7 Å². The summed E-state index contributed by atoms with van der Waals surface area (Å²) < 4.78 is 7.95. The number of hydrogen-bond donors (Lipinski definition) is 1. The molecule has 7 nitrogen and oxygen atoms in total. The number of carbonyl (C=O) groups is 1. The molecule has 27 heavy (non-hydrogen) atoms. The molecule has 3 heterocycles. The number of piperidine rings is 1. The molecule has 7 heteroatoms. The van der Waals surface area contributed by atoms with Gasteiger partial charge in [0.2, 0.25) is 0 Å². The van der Waals surface area contributed by atoms with E-state index in [0.717, 1.165) is 57.5 Å². The van der Waals surface area contributed by atoms with Crippen LogP contribution in [-0.2, 0) is 16.9 Å². The highest BCUT2D eigenvalue weighted by molar-refractivity contribution is 5.74. The summed E-state index contributed by atoms with van der Waals surface area (Å²) in [6, 6.07) is 10.2. The first-order chi connectivity index (χ1) is 13.3. The molecule has 2 aromatic rings. The fourth-order valence-electron chi connectivity index (χ4n) is 4.23. The van der Waals surface area contributed by atoms with Crippen LogP contribution in [0, 0.1) is 5.92 Å². The van der Waals surface area contributed by atoms with Gasteiger partial charge in [0.05, 0.1) is 12.7 Å². The molecular formula is C20H27N5O2. The van der Waals surface area contributed by atoms with Gasteiger partial charge in [0.25, 0.3) is 0 Å². The van der Waals surface area contributed by atoms with Crippen LogP contribution in [0.1, 0.15) is 31.2 Å². The van der Waals surface area contributed by atoms with Crippen LogP contribution in [-0.4, -0.2) is 52.2 Å². The number of amides is 2. The molecule has 4 rings (SSSR count). The molecule has 2 aliphatic heterocycles. The zero-order valence-electron chi connectivity index (χ0n) is 15.6. The lowest BCUT2D eigenvalue weighted by molar-refractivity contribution is 0.00175. The lowest BCUT2D eigenvalue weighted by Gasteiger charge is -2.34. The third kappa shape index (κ3) is 4.13. The SMILES string of the molecule is O=C(NCC1(c2ccccc2)CCCO1)N1CCCC(Cn2ccnn2)C1. The second kappa shape index (κ2) is 8.08. The maximum atomic E-state index is 12.8. The Hall–Kier alpha value is -2.41. The predicted molar refractivity (Wildman–Crippen MR) is 101 cm³/mol. The van der Waals surface area contributed by atoms with Crippen LogP contribution < -0.4 is 5.32 Å². The van der Waals surface area contributed by atoms with Gasteiger partial charge in [-0.15, -0.1) is 5.10 Å². The van der Waals surface area contributed by atoms with Crippen molar-refractivity contribution < 1.29 is 9.53 Å². The van der Waals surface area contributed by atoms with Gasteiger partial charge in [0.1, 0.15) is 5.60 Å². The first-order valence-corrected chi connectivity index (χ1v) is 9.82. The molecule has 0 saturated carbocycles. The van der Waals surface area contributed by atoms with Crippen molar-refractivity contribution in [2.24, 2.45) is 5.92 Å². The number of carbonyl (C=O) groups excluding carboxylic acids is 1. The van der Waals surface area contributed by atoms with E-state index in [1.807, 2.05) is 34.0 Å². The predicted octanol–water partition coefficient (Wildman–Crippen LogP) is 2.41. The van der Waals surface area contributed by atoms with E-state index in [4.69, 9.17) is 4.74 Å². The minimum Gasteiger partial charge on any atom is -0.368 e. The number of ether oxygens (including phenoxy) is 1. The monoisotopic (exact) mass is 369 g/mol. The molecule has 2 unspecified atom stereocenters. The number of aromatic nitrogens is 3. The van der Waals surface area contributed by atoms with Gasteiger partial charge in [-0.3, -0.25) is 4.68 Å². The van der Waals surface area contributed by atoms with Crippen molar-refractivity contribution in [1.82, 2.24) is 25.2 Å². The molecule has 1 N–H and O–H groups in total. The molecule has 144 valence electrons. The Labute approximate surface area is 159 Å². The summed E-state index contributed by atoms with van der Waals surface area (Å²) in [6.45, 7) is 3.62. The average Bonchev–Trinajstić information content (AvgIpc) is 3.40. The fourth-order valence-corrected chi connectivity index (χ4v) is 4.23. The van der Waals surface area contributed by atoms with E-state index < -0.39 is 5.60 Å². The lowest BCUT2D eigenvalue weighted by Crippen LogP contribution is -2.49. The standard InChI is InChI=1S/C20H27N5O2/c26-19(24-11-4-6-17(14-24)15-25-12-10-22-23-25)21-16-20(9-5-13-27-20)18-7-2-1-3-8-18/h1-3,7-8,10,12,17H,4-6,9,11,13-16H2,(H,21,26). The first kappa shape index (κ1) is 18.0. The molecule has 1 aromatic heterocycles.